The van der Waals surface area contributed by atoms with E-state index in [1.807, 2.05) is 19.9 Å². The molecule has 7 heteroatoms. The minimum absolute atomic E-state index is 0.421. The van der Waals surface area contributed by atoms with Gasteiger partial charge in [-0.05, 0) is 33.1 Å². The molecule has 3 heterocycles. The second-order valence-electron chi connectivity index (χ2n) is 5.75. The Labute approximate surface area is 121 Å². The van der Waals surface area contributed by atoms with E-state index in [2.05, 4.69) is 20.2 Å². The highest BCUT2D eigenvalue weighted by atomic mass is 16.5. The molecule has 2 N–H and O–H groups in total. The van der Waals surface area contributed by atoms with Crippen LogP contribution in [-0.4, -0.2) is 24.7 Å². The van der Waals surface area contributed by atoms with Gasteiger partial charge in [0.05, 0.1) is 22.5 Å². The quantitative estimate of drug-likeness (QED) is 0.770. The summed E-state index contributed by atoms with van der Waals surface area (Å²) in [6, 6.07) is 1.93. The summed E-state index contributed by atoms with van der Waals surface area (Å²) in [7, 11) is 0. The van der Waals surface area contributed by atoms with Gasteiger partial charge in [-0.25, -0.2) is 9.50 Å². The fourth-order valence-corrected chi connectivity index (χ4v) is 2.69. The average Bonchev–Trinajstić information content (AvgIpc) is 3.03. The minimum atomic E-state index is -0.421. The molecule has 0 bridgehead atoms. The Morgan fingerprint density at radius 1 is 1.33 bits per heavy atom. The first-order valence-corrected chi connectivity index (χ1v) is 7.02. The molecule has 0 atom stereocenters. The molecule has 0 saturated heterocycles. The van der Waals surface area contributed by atoms with Gasteiger partial charge in [-0.15, -0.1) is 0 Å². The van der Waals surface area contributed by atoms with E-state index in [0.29, 0.717) is 11.7 Å². The SMILES string of the molecule is Cc1cc2ncc(-c3nc(C4(N)CCC4)no3)c(C)n2n1. The van der Waals surface area contributed by atoms with Gasteiger partial charge in [0.1, 0.15) is 0 Å². The highest BCUT2D eigenvalue weighted by Crippen LogP contribution is 2.37. The van der Waals surface area contributed by atoms with Gasteiger partial charge in [-0.2, -0.15) is 10.1 Å². The van der Waals surface area contributed by atoms with Crippen molar-refractivity contribution in [3.63, 3.8) is 0 Å². The summed E-state index contributed by atoms with van der Waals surface area (Å²) in [5.41, 5.74) is 9.24. The molecule has 0 amide bonds. The molecule has 1 aliphatic rings. The van der Waals surface area contributed by atoms with E-state index < -0.39 is 5.54 Å². The number of aromatic nitrogens is 5. The van der Waals surface area contributed by atoms with Crippen LogP contribution in [0.1, 0.15) is 36.5 Å². The zero-order valence-corrected chi connectivity index (χ0v) is 12.0. The predicted molar refractivity (Wildman–Crippen MR) is 75.5 cm³/mol. The molecule has 108 valence electrons. The molecule has 21 heavy (non-hydrogen) atoms. The summed E-state index contributed by atoms with van der Waals surface area (Å²) >= 11 is 0. The predicted octanol–water partition coefficient (Wildman–Crippen LogP) is 1.73. The first kappa shape index (κ1) is 12.5. The molecule has 0 aromatic carbocycles. The van der Waals surface area contributed by atoms with E-state index in [1.165, 1.54) is 0 Å². The Bertz CT molecular complexity index is 829. The van der Waals surface area contributed by atoms with Crippen LogP contribution in [0, 0.1) is 13.8 Å². The van der Waals surface area contributed by atoms with Crippen LogP contribution in [0.15, 0.2) is 16.8 Å². The van der Waals surface area contributed by atoms with Gasteiger partial charge < -0.3 is 10.3 Å². The van der Waals surface area contributed by atoms with Crippen LogP contribution in [0.2, 0.25) is 0 Å². The Hall–Kier alpha value is -2.28. The van der Waals surface area contributed by atoms with Crippen molar-refractivity contribution in [1.82, 2.24) is 24.7 Å². The van der Waals surface area contributed by atoms with E-state index in [1.54, 1.807) is 10.7 Å². The maximum absolute atomic E-state index is 6.23. The zero-order valence-electron chi connectivity index (χ0n) is 12.0. The third-order valence-electron chi connectivity index (χ3n) is 4.19. The van der Waals surface area contributed by atoms with Crippen molar-refractivity contribution in [2.45, 2.75) is 38.6 Å². The van der Waals surface area contributed by atoms with Crippen molar-refractivity contribution in [3.8, 4) is 11.5 Å². The molecule has 0 unspecified atom stereocenters. The molecule has 0 aliphatic heterocycles. The molecular weight excluding hydrogens is 268 g/mol. The van der Waals surface area contributed by atoms with E-state index >= 15 is 0 Å². The molecular formula is C14H16N6O. The van der Waals surface area contributed by atoms with Crippen molar-refractivity contribution in [1.29, 1.82) is 0 Å². The van der Waals surface area contributed by atoms with Gasteiger partial charge >= 0.3 is 0 Å². The number of aryl methyl sites for hydroxylation is 2. The van der Waals surface area contributed by atoms with E-state index in [4.69, 9.17) is 10.3 Å². The number of hydrogen-bond acceptors (Lipinski definition) is 6. The number of nitrogens with two attached hydrogens (primary N) is 1. The lowest BCUT2D eigenvalue weighted by Gasteiger charge is -2.34. The van der Waals surface area contributed by atoms with Crippen molar-refractivity contribution in [2.24, 2.45) is 5.73 Å². The molecule has 1 fully saturated rings. The summed E-state index contributed by atoms with van der Waals surface area (Å²) in [6.07, 6.45) is 4.66. The van der Waals surface area contributed by atoms with Gasteiger partial charge in [0.2, 0.25) is 0 Å². The largest absolute Gasteiger partial charge is 0.334 e. The van der Waals surface area contributed by atoms with Crippen molar-refractivity contribution < 1.29 is 4.52 Å². The first-order chi connectivity index (χ1) is 10.1. The number of nitrogens with zero attached hydrogens (tertiary/aromatic N) is 5. The molecule has 4 rings (SSSR count). The average molecular weight is 284 g/mol. The van der Waals surface area contributed by atoms with Crippen molar-refractivity contribution >= 4 is 5.65 Å². The van der Waals surface area contributed by atoms with Gasteiger partial charge in [0, 0.05) is 12.3 Å². The molecule has 0 spiro atoms. The van der Waals surface area contributed by atoms with Crippen LogP contribution in [-0.2, 0) is 5.54 Å². The van der Waals surface area contributed by atoms with E-state index in [9.17, 15) is 0 Å². The number of hydrogen-bond donors (Lipinski definition) is 1. The van der Waals surface area contributed by atoms with Crippen LogP contribution >= 0.6 is 0 Å². The van der Waals surface area contributed by atoms with Gasteiger partial charge in [0.15, 0.2) is 11.5 Å². The van der Waals surface area contributed by atoms with Crippen molar-refractivity contribution in [2.75, 3.05) is 0 Å². The van der Waals surface area contributed by atoms with Gasteiger partial charge in [-0.3, -0.25) is 0 Å². The zero-order chi connectivity index (χ0) is 14.6. The van der Waals surface area contributed by atoms with Gasteiger partial charge in [0.25, 0.3) is 5.89 Å². The molecule has 7 nitrogen and oxygen atoms in total. The standard InChI is InChI=1S/C14H16N6O/c1-8-6-11-16-7-10(9(2)20(11)18-8)12-17-13(19-21-12)14(15)4-3-5-14/h6-7H,3-5,15H2,1-2H3. The summed E-state index contributed by atoms with van der Waals surface area (Å²) in [6.45, 7) is 3.90. The Balaban J connectivity index is 1.81. The second-order valence-corrected chi connectivity index (χ2v) is 5.75. The lowest BCUT2D eigenvalue weighted by atomic mass is 9.77. The maximum Gasteiger partial charge on any atom is 0.261 e. The third kappa shape index (κ3) is 1.77. The highest BCUT2D eigenvalue weighted by Gasteiger charge is 2.39. The Kier molecular flexibility index (Phi) is 2.44. The van der Waals surface area contributed by atoms with Crippen LogP contribution in [0.25, 0.3) is 17.1 Å². The molecule has 0 radical (unpaired) electrons. The minimum Gasteiger partial charge on any atom is -0.334 e. The smallest absolute Gasteiger partial charge is 0.261 e. The van der Waals surface area contributed by atoms with E-state index in [0.717, 1.165) is 41.9 Å². The maximum atomic E-state index is 6.23. The summed E-state index contributed by atoms with van der Waals surface area (Å²) in [4.78, 5) is 8.85. The summed E-state index contributed by atoms with van der Waals surface area (Å²) < 4.78 is 7.17. The van der Waals surface area contributed by atoms with Crippen molar-refractivity contribution in [3.05, 3.63) is 29.5 Å². The second kappa shape index (κ2) is 4.11. The first-order valence-electron chi connectivity index (χ1n) is 7.02. The highest BCUT2D eigenvalue weighted by molar-refractivity contribution is 5.58. The number of fused-ring (bicyclic) bond motifs is 1. The fraction of sp³-hybridized carbons (Fsp3) is 0.429. The lowest BCUT2D eigenvalue weighted by Crippen LogP contribution is -2.44. The summed E-state index contributed by atoms with van der Waals surface area (Å²) in [5, 5.41) is 8.47. The van der Waals surface area contributed by atoms with Crippen LogP contribution < -0.4 is 5.73 Å². The molecule has 1 aliphatic carbocycles. The van der Waals surface area contributed by atoms with Gasteiger partial charge in [-0.1, -0.05) is 5.16 Å². The third-order valence-corrected chi connectivity index (χ3v) is 4.19. The normalized spacial score (nSPS) is 17.1. The Morgan fingerprint density at radius 3 is 2.86 bits per heavy atom. The fourth-order valence-electron chi connectivity index (χ4n) is 2.69. The molecule has 3 aromatic heterocycles. The van der Waals surface area contributed by atoms with Crippen LogP contribution in [0.3, 0.4) is 0 Å². The lowest BCUT2D eigenvalue weighted by molar-refractivity contribution is 0.229. The van der Waals surface area contributed by atoms with E-state index in [-0.39, 0.29) is 0 Å². The summed E-state index contributed by atoms with van der Waals surface area (Å²) in [5.74, 6) is 1.03. The van der Waals surface area contributed by atoms with Crippen LogP contribution in [0.4, 0.5) is 0 Å². The monoisotopic (exact) mass is 284 g/mol. The molecule has 3 aromatic rings. The van der Waals surface area contributed by atoms with Crippen LogP contribution in [0.5, 0.6) is 0 Å². The number of rotatable bonds is 2. The topological polar surface area (TPSA) is 95.1 Å². The Morgan fingerprint density at radius 2 is 2.14 bits per heavy atom. The molecule has 1 saturated carbocycles.